The standard InChI is InChI=1S/C60H46N4.C60H44N2/c1-7-19-49(20-8-1)61(50-21-9-2-10-22-50)57-39-43-59(44-40-57)63(53-27-15-5-16-28-53)55-35-31-47(32-36-55)48-33-37-56(38-34-48)64(54-29-17-6-18-30-54)60-45-41-58(42-46-60)62(51-23-11-3-12-24-51)52-25-13-4-14-26-52;1-5-13-45(14-6-1)49-21-33-55(34-22-49)61(56-35-23-50(24-36-56)46-15-7-2-8-16-46)59-41-29-53(30-42-59)54-31-43-60(44-32-54)62(57-37-25-51(26-38-57)47-17-9-3-10-18-47)58-39-27-52(28-40-58)48-19-11-4-12-20-48/h1-46H;1-44H. The molecule has 6 nitrogen and oxygen atoms in total. The summed E-state index contributed by atoms with van der Waals surface area (Å²) in [6.07, 6.45) is 0. The van der Waals surface area contributed by atoms with Crippen molar-refractivity contribution in [2.75, 3.05) is 29.4 Å². The van der Waals surface area contributed by atoms with Crippen LogP contribution in [0.4, 0.5) is 102 Å². The molecule has 0 N–H and O–H groups in total. The van der Waals surface area contributed by atoms with E-state index >= 15 is 0 Å². The first kappa shape index (κ1) is 79.0. The van der Waals surface area contributed by atoms with Crippen LogP contribution in [-0.4, -0.2) is 0 Å². The highest BCUT2D eigenvalue weighted by atomic mass is 15.2. The number of para-hydroxylation sites is 6. The van der Waals surface area contributed by atoms with E-state index in [2.05, 4.69) is 575 Å². The van der Waals surface area contributed by atoms with Crippen LogP contribution < -0.4 is 29.4 Å². The van der Waals surface area contributed by atoms with Gasteiger partial charge < -0.3 is 29.4 Å². The Morgan fingerprint density at radius 3 is 0.238 bits per heavy atom. The van der Waals surface area contributed by atoms with Gasteiger partial charge >= 0.3 is 0 Å². The molecule has 600 valence electrons. The number of benzene rings is 20. The molecule has 0 saturated heterocycles. The van der Waals surface area contributed by atoms with Crippen molar-refractivity contribution in [1.29, 1.82) is 0 Å². The van der Waals surface area contributed by atoms with Gasteiger partial charge in [0.25, 0.3) is 0 Å². The number of anilines is 18. The van der Waals surface area contributed by atoms with Gasteiger partial charge in [-0.15, -0.1) is 0 Å². The Hall–Kier alpha value is -16.8. The smallest absolute Gasteiger partial charge is 0.0463 e. The molecule has 0 spiro atoms. The van der Waals surface area contributed by atoms with Crippen LogP contribution in [0.2, 0.25) is 0 Å². The number of hydrogen-bond acceptors (Lipinski definition) is 6. The van der Waals surface area contributed by atoms with E-state index in [1.54, 1.807) is 0 Å². The van der Waals surface area contributed by atoms with Crippen LogP contribution >= 0.6 is 0 Å². The molecule has 0 radical (unpaired) electrons. The highest BCUT2D eigenvalue weighted by molar-refractivity contribution is 5.88. The molecule has 20 rings (SSSR count). The SMILES string of the molecule is c1ccc(-c2ccc(N(c3ccc(-c4ccccc4)cc3)c3ccc(-c4ccc(N(c5ccc(-c6ccccc6)cc5)c5ccc(-c6ccccc6)cc5)cc4)cc3)cc2)cc1.c1ccc(N(c2ccccc2)c2ccc(N(c3ccccc3)c3ccc(-c4ccc(N(c5ccccc5)c5ccc(N(c6ccccc6)c6ccccc6)cc5)cc4)cc3)cc2)cc1. The van der Waals surface area contributed by atoms with Gasteiger partial charge in [0, 0.05) is 102 Å². The molecule has 0 aliphatic rings. The molecule has 20 aromatic rings. The van der Waals surface area contributed by atoms with Crippen molar-refractivity contribution in [3.63, 3.8) is 0 Å². The van der Waals surface area contributed by atoms with Gasteiger partial charge in [-0.2, -0.15) is 0 Å². The van der Waals surface area contributed by atoms with Gasteiger partial charge in [-0.05, 0) is 285 Å². The van der Waals surface area contributed by atoms with Crippen LogP contribution in [0.15, 0.2) is 546 Å². The molecule has 0 heterocycles. The lowest BCUT2D eigenvalue weighted by Crippen LogP contribution is -2.12. The van der Waals surface area contributed by atoms with E-state index in [0.29, 0.717) is 0 Å². The maximum Gasteiger partial charge on any atom is 0.0463 e. The third-order valence-corrected chi connectivity index (χ3v) is 22.9. The lowest BCUT2D eigenvalue weighted by molar-refractivity contribution is 1.25. The van der Waals surface area contributed by atoms with E-state index in [0.717, 1.165) is 125 Å². The van der Waals surface area contributed by atoms with Gasteiger partial charge in [0.2, 0.25) is 0 Å². The maximum absolute atomic E-state index is 2.33. The van der Waals surface area contributed by atoms with E-state index in [4.69, 9.17) is 0 Å². The van der Waals surface area contributed by atoms with Gasteiger partial charge in [-0.25, -0.2) is 0 Å². The average molecular weight is 1620 g/mol. The first-order valence-electron chi connectivity index (χ1n) is 42.8. The fourth-order valence-corrected chi connectivity index (χ4v) is 16.6. The Bertz CT molecular complexity index is 6130. The number of hydrogen-bond donors (Lipinski definition) is 0. The largest absolute Gasteiger partial charge is 0.311 e. The third kappa shape index (κ3) is 18.0. The van der Waals surface area contributed by atoms with E-state index < -0.39 is 0 Å². The molecular formula is C120H90N6. The summed E-state index contributed by atoms with van der Waals surface area (Å²) in [6.45, 7) is 0. The fourth-order valence-electron chi connectivity index (χ4n) is 16.6. The lowest BCUT2D eigenvalue weighted by atomic mass is 10.0. The first-order valence-corrected chi connectivity index (χ1v) is 42.8. The Morgan fingerprint density at radius 1 is 0.0635 bits per heavy atom. The van der Waals surface area contributed by atoms with Crippen molar-refractivity contribution >= 4 is 102 Å². The first-order chi connectivity index (χ1) is 62.5. The zero-order chi connectivity index (χ0) is 84.4. The van der Waals surface area contributed by atoms with E-state index in [1.807, 2.05) is 0 Å². The monoisotopic (exact) mass is 1610 g/mol. The summed E-state index contributed by atoms with van der Waals surface area (Å²) in [5, 5.41) is 0. The van der Waals surface area contributed by atoms with Gasteiger partial charge in [-0.1, -0.05) is 328 Å². The summed E-state index contributed by atoms with van der Waals surface area (Å²) in [5.74, 6) is 0. The minimum atomic E-state index is 1.08. The molecule has 0 amide bonds. The second kappa shape index (κ2) is 37.9. The molecule has 0 unspecified atom stereocenters. The summed E-state index contributed by atoms with van der Waals surface area (Å²) in [4.78, 5) is 13.9. The van der Waals surface area contributed by atoms with Crippen molar-refractivity contribution in [2.45, 2.75) is 0 Å². The summed E-state index contributed by atoms with van der Waals surface area (Å²) in [6, 6.07) is 194. The fraction of sp³-hybridized carbons (Fsp3) is 0. The molecule has 0 fully saturated rings. The molecular weight excluding hydrogens is 1530 g/mol. The summed E-state index contributed by atoms with van der Waals surface area (Å²) < 4.78 is 0. The predicted octanol–water partition coefficient (Wildman–Crippen LogP) is 34.2. The Labute approximate surface area is 739 Å². The molecule has 0 atom stereocenters. The second-order valence-electron chi connectivity index (χ2n) is 30.9. The van der Waals surface area contributed by atoms with Crippen molar-refractivity contribution in [2.24, 2.45) is 0 Å². The zero-order valence-corrected chi connectivity index (χ0v) is 69.6. The molecule has 0 bridgehead atoms. The zero-order valence-electron chi connectivity index (χ0n) is 69.6. The molecule has 0 aliphatic carbocycles. The summed E-state index contributed by atoms with van der Waals surface area (Å²) >= 11 is 0. The average Bonchev–Trinajstić information content (AvgIpc) is 0.787. The quantitative estimate of drug-likeness (QED) is 0.0596. The van der Waals surface area contributed by atoms with Crippen LogP contribution in [0.25, 0.3) is 66.8 Å². The number of nitrogens with zero attached hydrogens (tertiary/aromatic N) is 6. The topological polar surface area (TPSA) is 19.4 Å². The second-order valence-corrected chi connectivity index (χ2v) is 30.9. The molecule has 6 heteroatoms. The lowest BCUT2D eigenvalue weighted by Gasteiger charge is -2.28. The van der Waals surface area contributed by atoms with Crippen LogP contribution in [0.5, 0.6) is 0 Å². The van der Waals surface area contributed by atoms with Crippen LogP contribution in [-0.2, 0) is 0 Å². The van der Waals surface area contributed by atoms with Crippen LogP contribution in [0, 0.1) is 0 Å². The highest BCUT2D eigenvalue weighted by Gasteiger charge is 2.22. The Morgan fingerprint density at radius 2 is 0.135 bits per heavy atom. The third-order valence-electron chi connectivity index (χ3n) is 22.9. The van der Waals surface area contributed by atoms with Crippen molar-refractivity contribution in [3.05, 3.63) is 546 Å². The Kier molecular flexibility index (Phi) is 23.7. The van der Waals surface area contributed by atoms with E-state index in [1.165, 1.54) is 44.5 Å². The van der Waals surface area contributed by atoms with Gasteiger partial charge in [0.05, 0.1) is 0 Å². The minimum Gasteiger partial charge on any atom is -0.311 e. The summed E-state index contributed by atoms with van der Waals surface area (Å²) in [5.41, 5.74) is 33.9. The highest BCUT2D eigenvalue weighted by Crippen LogP contribution is 2.46. The van der Waals surface area contributed by atoms with Crippen LogP contribution in [0.3, 0.4) is 0 Å². The molecule has 0 aliphatic heterocycles. The van der Waals surface area contributed by atoms with Crippen molar-refractivity contribution < 1.29 is 0 Å². The normalized spacial score (nSPS) is 10.9. The van der Waals surface area contributed by atoms with Gasteiger partial charge in [0.1, 0.15) is 0 Å². The van der Waals surface area contributed by atoms with Gasteiger partial charge in [0.15, 0.2) is 0 Å². The molecule has 0 aromatic heterocycles. The Balaban J connectivity index is 0.000000165. The maximum atomic E-state index is 2.33. The predicted molar refractivity (Wildman–Crippen MR) is 534 cm³/mol. The summed E-state index contributed by atoms with van der Waals surface area (Å²) in [7, 11) is 0. The minimum absolute atomic E-state index is 1.08. The van der Waals surface area contributed by atoms with Crippen molar-refractivity contribution in [3.8, 4) is 66.8 Å². The van der Waals surface area contributed by atoms with Gasteiger partial charge in [-0.3, -0.25) is 0 Å². The van der Waals surface area contributed by atoms with E-state index in [9.17, 15) is 0 Å². The van der Waals surface area contributed by atoms with Crippen molar-refractivity contribution in [1.82, 2.24) is 0 Å². The van der Waals surface area contributed by atoms with Crippen LogP contribution in [0.1, 0.15) is 0 Å². The molecule has 0 saturated carbocycles. The molecule has 20 aromatic carbocycles. The number of rotatable bonds is 24. The van der Waals surface area contributed by atoms with E-state index in [-0.39, 0.29) is 0 Å². The molecule has 126 heavy (non-hydrogen) atoms.